The van der Waals surface area contributed by atoms with Gasteiger partial charge in [-0.25, -0.2) is 4.90 Å². The van der Waals surface area contributed by atoms with E-state index >= 15 is 0 Å². The number of amides is 2. The quantitative estimate of drug-likeness (QED) is 0.627. The predicted molar refractivity (Wildman–Crippen MR) is 130 cm³/mol. The van der Waals surface area contributed by atoms with Gasteiger partial charge >= 0.3 is 0 Å². The number of carbonyl (C=O) groups is 2. The van der Waals surface area contributed by atoms with Gasteiger partial charge in [0, 0.05) is 45.0 Å². The van der Waals surface area contributed by atoms with Crippen LogP contribution in [0.4, 0.5) is 11.4 Å². The lowest BCUT2D eigenvalue weighted by molar-refractivity contribution is -0.120. The number of hydrogen-bond acceptors (Lipinski definition) is 5. The molecule has 2 amide bonds. The van der Waals surface area contributed by atoms with E-state index in [0.29, 0.717) is 17.0 Å². The van der Waals surface area contributed by atoms with Crippen molar-refractivity contribution in [3.8, 4) is 0 Å². The van der Waals surface area contributed by atoms with Gasteiger partial charge in [0.1, 0.15) is 5.70 Å². The molecule has 32 heavy (non-hydrogen) atoms. The maximum atomic E-state index is 13.7. The molecule has 6 nitrogen and oxygen atoms in total. The molecule has 1 fully saturated rings. The highest BCUT2D eigenvalue weighted by Crippen LogP contribution is 2.35. The minimum Gasteiger partial charge on any atom is -0.372 e. The van der Waals surface area contributed by atoms with E-state index in [-0.39, 0.29) is 11.8 Å². The fourth-order valence-corrected chi connectivity index (χ4v) is 4.60. The van der Waals surface area contributed by atoms with E-state index in [9.17, 15) is 9.59 Å². The van der Waals surface area contributed by atoms with Gasteiger partial charge in [0.05, 0.1) is 11.3 Å². The summed E-state index contributed by atoms with van der Waals surface area (Å²) in [6, 6.07) is 17.3. The van der Waals surface area contributed by atoms with Crippen LogP contribution in [0.15, 0.2) is 60.3 Å². The number of rotatable bonds is 7. The molecule has 2 heterocycles. The normalized spacial score (nSPS) is 17.5. The van der Waals surface area contributed by atoms with Crippen LogP contribution >= 0.6 is 0 Å². The zero-order valence-electron chi connectivity index (χ0n) is 19.3. The molecule has 0 bridgehead atoms. The Balaban J connectivity index is 1.69. The first kappa shape index (κ1) is 22.1. The fourth-order valence-electron chi connectivity index (χ4n) is 4.60. The molecule has 2 aliphatic heterocycles. The smallest absolute Gasteiger partial charge is 0.282 e. The van der Waals surface area contributed by atoms with Crippen molar-refractivity contribution in [3.05, 3.63) is 65.9 Å². The summed E-state index contributed by atoms with van der Waals surface area (Å²) in [5, 5.41) is 0. The van der Waals surface area contributed by atoms with Crippen LogP contribution in [0.2, 0.25) is 0 Å². The van der Waals surface area contributed by atoms with Crippen molar-refractivity contribution in [3.63, 3.8) is 0 Å². The third-order valence-electron chi connectivity index (χ3n) is 6.49. The summed E-state index contributed by atoms with van der Waals surface area (Å²) >= 11 is 0. The number of imide groups is 1. The van der Waals surface area contributed by atoms with Crippen LogP contribution in [0.25, 0.3) is 5.57 Å². The zero-order valence-corrected chi connectivity index (χ0v) is 19.3. The highest BCUT2D eigenvalue weighted by Gasteiger charge is 2.42. The van der Waals surface area contributed by atoms with Gasteiger partial charge in [0.15, 0.2) is 0 Å². The molecule has 0 saturated carbocycles. The molecule has 0 aromatic heterocycles. The number of piperazine rings is 1. The van der Waals surface area contributed by atoms with Crippen LogP contribution in [0.5, 0.6) is 0 Å². The standard InChI is InChI=1S/C26H32N4O2/c1-4-27-16-18-29(19-17-27)24-23(20-10-8-7-9-11-20)25(31)30(26(24)32)22-14-12-21(13-15-22)28(5-2)6-3/h7-15H,4-6,16-19H2,1-3H3. The van der Waals surface area contributed by atoms with Crippen LogP contribution in [0.1, 0.15) is 26.3 Å². The average molecular weight is 433 g/mol. The average Bonchev–Trinajstić information content (AvgIpc) is 3.11. The molecule has 0 aliphatic carbocycles. The van der Waals surface area contributed by atoms with Gasteiger partial charge in [-0.3, -0.25) is 9.59 Å². The molecule has 1 saturated heterocycles. The molecule has 2 aromatic carbocycles. The SMILES string of the molecule is CCN1CCN(C2=C(c3ccccc3)C(=O)N(c3ccc(N(CC)CC)cc3)C2=O)CC1. The number of anilines is 2. The summed E-state index contributed by atoms with van der Waals surface area (Å²) in [5.41, 5.74) is 3.54. The minimum absolute atomic E-state index is 0.227. The minimum atomic E-state index is -0.246. The van der Waals surface area contributed by atoms with E-state index in [1.54, 1.807) is 0 Å². The summed E-state index contributed by atoms with van der Waals surface area (Å²) in [6.07, 6.45) is 0. The highest BCUT2D eigenvalue weighted by atomic mass is 16.2. The lowest BCUT2D eigenvalue weighted by Gasteiger charge is -2.36. The van der Waals surface area contributed by atoms with E-state index in [2.05, 4.69) is 35.5 Å². The monoisotopic (exact) mass is 432 g/mol. The first-order valence-electron chi connectivity index (χ1n) is 11.6. The van der Waals surface area contributed by atoms with Crippen LogP contribution in [-0.4, -0.2) is 67.4 Å². The Morgan fingerprint density at radius 2 is 1.41 bits per heavy atom. The molecule has 0 N–H and O–H groups in total. The second-order valence-corrected chi connectivity index (χ2v) is 8.15. The Labute approximate surface area is 190 Å². The van der Waals surface area contributed by atoms with Gasteiger partial charge in [-0.1, -0.05) is 37.3 Å². The topological polar surface area (TPSA) is 47.1 Å². The van der Waals surface area contributed by atoms with E-state index in [0.717, 1.165) is 57.1 Å². The third kappa shape index (κ3) is 4.02. The first-order valence-corrected chi connectivity index (χ1v) is 11.6. The van der Waals surface area contributed by atoms with Crippen LogP contribution in [-0.2, 0) is 9.59 Å². The number of hydrogen-bond donors (Lipinski definition) is 0. The Bertz CT molecular complexity index is 988. The molecule has 4 rings (SSSR count). The summed E-state index contributed by atoms with van der Waals surface area (Å²) < 4.78 is 0. The summed E-state index contributed by atoms with van der Waals surface area (Å²) in [4.78, 5) is 35.3. The Kier molecular flexibility index (Phi) is 6.61. The summed E-state index contributed by atoms with van der Waals surface area (Å²) in [6.45, 7) is 12.5. The van der Waals surface area contributed by atoms with Crippen LogP contribution < -0.4 is 9.80 Å². The Morgan fingerprint density at radius 3 is 1.97 bits per heavy atom. The lowest BCUT2D eigenvalue weighted by Crippen LogP contribution is -2.47. The highest BCUT2D eigenvalue weighted by molar-refractivity contribution is 6.45. The molecule has 6 heteroatoms. The first-order chi connectivity index (χ1) is 15.6. The van der Waals surface area contributed by atoms with Gasteiger partial charge < -0.3 is 14.7 Å². The fraction of sp³-hybridized carbons (Fsp3) is 0.385. The molecule has 2 aliphatic rings. The maximum Gasteiger partial charge on any atom is 0.282 e. The Morgan fingerprint density at radius 1 is 0.781 bits per heavy atom. The summed E-state index contributed by atoms with van der Waals surface area (Å²) in [5.74, 6) is -0.473. The molecule has 0 unspecified atom stereocenters. The van der Waals surface area contributed by atoms with Crippen LogP contribution in [0, 0.1) is 0 Å². The van der Waals surface area contributed by atoms with E-state index < -0.39 is 0 Å². The van der Waals surface area contributed by atoms with Crippen molar-refractivity contribution in [1.29, 1.82) is 0 Å². The number of likely N-dealkylation sites (N-methyl/N-ethyl adjacent to an activating group) is 1. The van der Waals surface area contributed by atoms with Crippen molar-refractivity contribution in [1.82, 2.24) is 9.80 Å². The van der Waals surface area contributed by atoms with E-state index in [1.165, 1.54) is 4.90 Å². The van der Waals surface area contributed by atoms with Crippen molar-refractivity contribution in [2.45, 2.75) is 20.8 Å². The van der Waals surface area contributed by atoms with Gasteiger partial charge in [-0.2, -0.15) is 0 Å². The molecule has 2 aromatic rings. The molecular formula is C26H32N4O2. The second-order valence-electron chi connectivity index (χ2n) is 8.15. The van der Waals surface area contributed by atoms with Gasteiger partial charge in [0.25, 0.3) is 11.8 Å². The van der Waals surface area contributed by atoms with Crippen molar-refractivity contribution < 1.29 is 9.59 Å². The molecule has 0 spiro atoms. The van der Waals surface area contributed by atoms with Crippen molar-refractivity contribution >= 4 is 28.8 Å². The van der Waals surface area contributed by atoms with Gasteiger partial charge in [-0.05, 0) is 50.2 Å². The third-order valence-corrected chi connectivity index (χ3v) is 6.49. The number of benzene rings is 2. The van der Waals surface area contributed by atoms with Gasteiger partial charge in [-0.15, -0.1) is 0 Å². The van der Waals surface area contributed by atoms with Gasteiger partial charge in [0.2, 0.25) is 0 Å². The number of nitrogens with zero attached hydrogens (tertiary/aromatic N) is 4. The second kappa shape index (κ2) is 9.57. The Hall–Kier alpha value is -3.12. The molecule has 0 radical (unpaired) electrons. The van der Waals surface area contributed by atoms with E-state index in [4.69, 9.17) is 0 Å². The zero-order chi connectivity index (χ0) is 22.7. The number of carbonyl (C=O) groups excluding carboxylic acids is 2. The molecule has 0 atom stereocenters. The van der Waals surface area contributed by atoms with E-state index in [1.807, 2.05) is 54.6 Å². The predicted octanol–water partition coefficient (Wildman–Crippen LogP) is 3.45. The largest absolute Gasteiger partial charge is 0.372 e. The molecular weight excluding hydrogens is 400 g/mol. The van der Waals surface area contributed by atoms with Crippen LogP contribution in [0.3, 0.4) is 0 Å². The van der Waals surface area contributed by atoms with Crippen molar-refractivity contribution in [2.75, 3.05) is 55.6 Å². The lowest BCUT2D eigenvalue weighted by atomic mass is 10.0. The maximum absolute atomic E-state index is 13.7. The molecule has 168 valence electrons. The van der Waals surface area contributed by atoms with Crippen molar-refractivity contribution in [2.24, 2.45) is 0 Å². The summed E-state index contributed by atoms with van der Waals surface area (Å²) in [7, 11) is 0.